The van der Waals surface area contributed by atoms with Crippen LogP contribution >= 0.6 is 15.9 Å². The minimum Gasteiger partial charge on any atom is -0.492 e. The van der Waals surface area contributed by atoms with Crippen LogP contribution in [-0.4, -0.2) is 30.0 Å². The molecule has 2 rings (SSSR count). The number of aromatic nitrogens is 1. The number of hydrogen-bond donors (Lipinski definition) is 1. The fraction of sp³-hybridized carbons (Fsp3) is 0.368. The van der Waals surface area contributed by atoms with Crippen LogP contribution in [0.2, 0.25) is 0 Å². The first-order valence-corrected chi connectivity index (χ1v) is 9.44. The zero-order valence-electron chi connectivity index (χ0n) is 14.9. The molecule has 0 amide bonds. The van der Waals surface area contributed by atoms with E-state index in [1.165, 1.54) is 0 Å². The van der Waals surface area contributed by atoms with Crippen LogP contribution in [0.3, 0.4) is 0 Å². The molecule has 28 heavy (non-hydrogen) atoms. The number of benzene rings is 1. The van der Waals surface area contributed by atoms with Gasteiger partial charge in [-0.3, -0.25) is 10.3 Å². The highest BCUT2D eigenvalue weighted by molar-refractivity contribution is 9.10. The number of nitrogens with zero attached hydrogens (tertiary/aromatic N) is 1. The van der Waals surface area contributed by atoms with E-state index in [1.807, 2.05) is 24.3 Å². The van der Waals surface area contributed by atoms with Crippen LogP contribution in [0.1, 0.15) is 25.0 Å². The maximum Gasteiger partial charge on any atom is 0.490 e. The molecule has 1 N–H and O–H groups in total. The van der Waals surface area contributed by atoms with Crippen molar-refractivity contribution in [1.29, 1.82) is 0 Å². The molecule has 5 nitrogen and oxygen atoms in total. The molecule has 0 aliphatic heterocycles. The second kappa shape index (κ2) is 11.0. The first kappa shape index (κ1) is 22.2. The summed E-state index contributed by atoms with van der Waals surface area (Å²) in [5.74, 6) is -1.52. The molecular formula is C19H20BrF3N2O3. The molecule has 1 unspecified atom stereocenters. The van der Waals surface area contributed by atoms with Gasteiger partial charge in [0, 0.05) is 12.7 Å². The van der Waals surface area contributed by atoms with Crippen molar-refractivity contribution in [2.75, 3.05) is 6.61 Å². The fourth-order valence-electron chi connectivity index (χ4n) is 2.30. The minimum absolute atomic E-state index is 0.185. The lowest BCUT2D eigenvalue weighted by Crippen LogP contribution is -2.38. The van der Waals surface area contributed by atoms with Gasteiger partial charge in [0.25, 0.3) is 0 Å². The molecule has 1 heterocycles. The Hall–Kier alpha value is -2.13. The van der Waals surface area contributed by atoms with Gasteiger partial charge in [0.2, 0.25) is 0 Å². The number of carbonyl (C=O) groups is 1. The third kappa shape index (κ3) is 7.85. The van der Waals surface area contributed by atoms with E-state index in [-0.39, 0.29) is 13.0 Å². The Balaban J connectivity index is 1.80. The maximum absolute atomic E-state index is 12.5. The molecule has 1 aromatic carbocycles. The van der Waals surface area contributed by atoms with E-state index >= 15 is 0 Å². The van der Waals surface area contributed by atoms with Crippen LogP contribution < -0.4 is 10.1 Å². The van der Waals surface area contributed by atoms with E-state index in [0.717, 1.165) is 4.47 Å². The van der Waals surface area contributed by atoms with Crippen molar-refractivity contribution in [3.8, 4) is 5.75 Å². The summed E-state index contributed by atoms with van der Waals surface area (Å²) >= 11 is 3.37. The predicted octanol–water partition coefficient (Wildman–Crippen LogP) is 4.61. The number of rotatable bonds is 10. The Labute approximate surface area is 169 Å². The van der Waals surface area contributed by atoms with Gasteiger partial charge in [0.05, 0.1) is 16.8 Å². The summed E-state index contributed by atoms with van der Waals surface area (Å²) < 4.78 is 48.5. The number of carbonyl (C=O) groups excluding carboxylic acids is 1. The zero-order valence-corrected chi connectivity index (χ0v) is 16.5. The second-order valence-corrected chi connectivity index (χ2v) is 6.72. The first-order chi connectivity index (χ1) is 13.4. The highest BCUT2D eigenvalue weighted by atomic mass is 79.9. The highest BCUT2D eigenvalue weighted by Crippen LogP contribution is 2.24. The van der Waals surface area contributed by atoms with Crippen molar-refractivity contribution >= 4 is 21.9 Å². The van der Waals surface area contributed by atoms with Crippen molar-refractivity contribution < 1.29 is 27.4 Å². The van der Waals surface area contributed by atoms with Crippen LogP contribution in [0.15, 0.2) is 53.1 Å². The number of nitrogens with one attached hydrogen (secondary N) is 1. The first-order valence-electron chi connectivity index (χ1n) is 8.64. The lowest BCUT2D eigenvalue weighted by Gasteiger charge is -2.20. The van der Waals surface area contributed by atoms with Crippen LogP contribution in [-0.2, 0) is 16.1 Å². The normalized spacial score (nSPS) is 12.4. The molecule has 2 aromatic rings. The number of esters is 1. The summed E-state index contributed by atoms with van der Waals surface area (Å²) in [5.41, 5.74) is 0.632. The largest absolute Gasteiger partial charge is 0.492 e. The van der Waals surface area contributed by atoms with E-state index in [4.69, 9.17) is 4.74 Å². The van der Waals surface area contributed by atoms with Crippen LogP contribution in [0.25, 0.3) is 0 Å². The Morgan fingerprint density at radius 3 is 2.57 bits per heavy atom. The third-order valence-corrected chi connectivity index (χ3v) is 4.33. The fourth-order valence-corrected chi connectivity index (χ4v) is 2.69. The summed E-state index contributed by atoms with van der Waals surface area (Å²) in [4.78, 5) is 15.2. The van der Waals surface area contributed by atoms with Crippen LogP contribution in [0, 0.1) is 0 Å². The Kier molecular flexibility index (Phi) is 8.72. The number of halogens is 4. The van der Waals surface area contributed by atoms with Crippen molar-refractivity contribution in [3.05, 3.63) is 58.8 Å². The summed E-state index contributed by atoms with van der Waals surface area (Å²) in [6.45, 7) is 0.576. The van der Waals surface area contributed by atoms with Gasteiger partial charge in [-0.15, -0.1) is 0 Å². The molecule has 0 spiro atoms. The van der Waals surface area contributed by atoms with Gasteiger partial charge in [-0.25, -0.2) is 4.79 Å². The number of para-hydroxylation sites is 1. The molecule has 0 saturated heterocycles. The molecule has 9 heteroatoms. The van der Waals surface area contributed by atoms with Crippen molar-refractivity contribution in [2.24, 2.45) is 0 Å². The number of unbranched alkanes of at least 4 members (excludes halogenated alkanes) is 1. The molecule has 152 valence electrons. The number of alkyl halides is 3. The van der Waals surface area contributed by atoms with Crippen LogP contribution in [0.4, 0.5) is 13.2 Å². The summed E-state index contributed by atoms with van der Waals surface area (Å²) in [5, 5.41) is 2.80. The van der Waals surface area contributed by atoms with E-state index in [0.29, 0.717) is 30.9 Å². The second-order valence-electron chi connectivity index (χ2n) is 5.87. The summed E-state index contributed by atoms with van der Waals surface area (Å²) in [7, 11) is 0. The van der Waals surface area contributed by atoms with E-state index in [2.05, 4.69) is 31.0 Å². The third-order valence-electron chi connectivity index (χ3n) is 3.67. The molecule has 0 radical (unpaired) electrons. The molecule has 0 fully saturated rings. The quantitative estimate of drug-likeness (QED) is 0.318. The van der Waals surface area contributed by atoms with E-state index in [9.17, 15) is 18.0 Å². The maximum atomic E-state index is 12.5. The topological polar surface area (TPSA) is 60.5 Å². The van der Waals surface area contributed by atoms with Crippen molar-refractivity contribution in [2.45, 2.75) is 38.2 Å². The summed E-state index contributed by atoms with van der Waals surface area (Å²) in [6, 6.07) is 12.6. The van der Waals surface area contributed by atoms with Gasteiger partial charge in [0.1, 0.15) is 5.75 Å². The smallest absolute Gasteiger partial charge is 0.490 e. The number of ether oxygens (including phenoxy) is 2. The Morgan fingerprint density at radius 1 is 1.14 bits per heavy atom. The average molecular weight is 461 g/mol. The average Bonchev–Trinajstić information content (AvgIpc) is 2.67. The minimum atomic E-state index is -5.03. The predicted molar refractivity (Wildman–Crippen MR) is 100 cm³/mol. The monoisotopic (exact) mass is 460 g/mol. The number of pyridine rings is 1. The van der Waals surface area contributed by atoms with E-state index in [1.54, 1.807) is 24.4 Å². The van der Waals surface area contributed by atoms with Gasteiger partial charge in [0.15, 0.2) is 6.23 Å². The molecule has 0 saturated carbocycles. The standard InChI is InChI=1S/C19H20BrF3N2O3/c20-15-8-1-2-9-16(15)27-12-6-4-10-17(28-18(26)19(21,22)23)25-13-14-7-3-5-11-24-14/h1-3,5,7-9,11,17,25H,4,6,10,12-13H2. The van der Waals surface area contributed by atoms with Crippen molar-refractivity contribution in [3.63, 3.8) is 0 Å². The molecule has 0 aliphatic carbocycles. The molecule has 0 bridgehead atoms. The summed E-state index contributed by atoms with van der Waals surface area (Å²) in [6.07, 6.45) is -3.21. The van der Waals surface area contributed by atoms with Gasteiger partial charge in [-0.1, -0.05) is 18.2 Å². The van der Waals surface area contributed by atoms with Gasteiger partial charge in [-0.2, -0.15) is 13.2 Å². The Morgan fingerprint density at radius 2 is 1.89 bits per heavy atom. The van der Waals surface area contributed by atoms with Crippen molar-refractivity contribution in [1.82, 2.24) is 10.3 Å². The lowest BCUT2D eigenvalue weighted by molar-refractivity contribution is -0.206. The van der Waals surface area contributed by atoms with Gasteiger partial charge >= 0.3 is 12.1 Å². The molecule has 1 atom stereocenters. The SMILES string of the molecule is O=C(OC(CCCCOc1ccccc1Br)NCc1ccccn1)C(F)(F)F. The Bertz CT molecular complexity index is 745. The lowest BCUT2D eigenvalue weighted by atomic mass is 10.2. The van der Waals surface area contributed by atoms with Crippen LogP contribution in [0.5, 0.6) is 5.75 Å². The number of hydrogen-bond acceptors (Lipinski definition) is 5. The molecular weight excluding hydrogens is 441 g/mol. The van der Waals surface area contributed by atoms with Gasteiger partial charge < -0.3 is 9.47 Å². The van der Waals surface area contributed by atoms with E-state index < -0.39 is 18.4 Å². The molecule has 0 aliphatic rings. The zero-order chi connectivity index (χ0) is 20.4. The highest BCUT2D eigenvalue weighted by Gasteiger charge is 2.42. The van der Waals surface area contributed by atoms with Gasteiger partial charge in [-0.05, 0) is 59.5 Å². The molecule has 1 aromatic heterocycles.